The lowest BCUT2D eigenvalue weighted by atomic mass is 9.78. The molecule has 2 aromatic heterocycles. The standard InChI is InChI=1S/C31H41FN4O3/c1-20(2)34(4)30(37)26-12-25(32)7-8-27(26)36-19-24(29-21(3)15-33-16-28(29)36)11-22-9-10-35(17-22)18-23-13-31(14-23,38-5)39-6/h7-8,12,15-16,19-20,22-23H,9-11,13-14,17-18H2,1-6H3/t22-/m0/s1. The molecule has 2 aliphatic rings. The Morgan fingerprint density at radius 3 is 2.64 bits per heavy atom. The number of aromatic nitrogens is 2. The Hall–Kier alpha value is -2.81. The second-order valence-electron chi connectivity index (χ2n) is 11.8. The van der Waals surface area contributed by atoms with Gasteiger partial charge in [0.1, 0.15) is 5.82 Å². The van der Waals surface area contributed by atoms with Gasteiger partial charge in [-0.2, -0.15) is 0 Å². The van der Waals surface area contributed by atoms with E-state index in [2.05, 4.69) is 23.0 Å². The van der Waals surface area contributed by atoms with Crippen molar-refractivity contribution in [1.29, 1.82) is 0 Å². The summed E-state index contributed by atoms with van der Waals surface area (Å²) in [4.78, 5) is 22.1. The fourth-order valence-corrected chi connectivity index (χ4v) is 6.40. The van der Waals surface area contributed by atoms with Gasteiger partial charge in [-0.1, -0.05) is 0 Å². The zero-order valence-electron chi connectivity index (χ0n) is 24.0. The van der Waals surface area contributed by atoms with Gasteiger partial charge in [0.25, 0.3) is 5.91 Å². The highest BCUT2D eigenvalue weighted by Gasteiger charge is 2.45. The quantitative estimate of drug-likeness (QED) is 0.351. The number of fused-ring (bicyclic) bond motifs is 1. The fraction of sp³-hybridized carbons (Fsp3) is 0.548. The van der Waals surface area contributed by atoms with Crippen molar-refractivity contribution < 1.29 is 18.7 Å². The molecular weight excluding hydrogens is 495 g/mol. The second kappa shape index (κ2) is 11.0. The van der Waals surface area contributed by atoms with Crippen LogP contribution >= 0.6 is 0 Å². The lowest BCUT2D eigenvalue weighted by Gasteiger charge is -2.46. The van der Waals surface area contributed by atoms with Gasteiger partial charge in [0.05, 0.1) is 23.0 Å². The molecule has 1 saturated heterocycles. The van der Waals surface area contributed by atoms with Crippen LogP contribution < -0.4 is 0 Å². The number of methoxy groups -OCH3 is 2. The third-order valence-corrected chi connectivity index (χ3v) is 8.86. The van der Waals surface area contributed by atoms with Crippen LogP contribution in [0.4, 0.5) is 4.39 Å². The molecule has 7 nitrogen and oxygen atoms in total. The van der Waals surface area contributed by atoms with Gasteiger partial charge >= 0.3 is 0 Å². The topological polar surface area (TPSA) is 59.8 Å². The number of rotatable bonds is 9. The zero-order chi connectivity index (χ0) is 27.9. The number of ether oxygens (including phenoxy) is 2. The van der Waals surface area contributed by atoms with Crippen LogP contribution in [0, 0.1) is 24.6 Å². The summed E-state index contributed by atoms with van der Waals surface area (Å²) >= 11 is 0. The van der Waals surface area contributed by atoms with Crippen molar-refractivity contribution in [2.75, 3.05) is 40.9 Å². The number of hydrogen-bond acceptors (Lipinski definition) is 5. The Labute approximate surface area is 230 Å². The van der Waals surface area contributed by atoms with Gasteiger partial charge < -0.3 is 23.8 Å². The number of hydrogen-bond donors (Lipinski definition) is 0. The SMILES string of the molecule is COC1(OC)CC(CN2CC[C@@H](Cc3cn(-c4ccc(F)cc4C(=O)N(C)C(C)C)c4cncc(C)c34)C2)C1. The highest BCUT2D eigenvalue weighted by molar-refractivity contribution is 5.99. The Morgan fingerprint density at radius 1 is 1.21 bits per heavy atom. The monoisotopic (exact) mass is 536 g/mol. The predicted molar refractivity (Wildman–Crippen MR) is 151 cm³/mol. The van der Waals surface area contributed by atoms with Gasteiger partial charge in [-0.05, 0) is 81.3 Å². The number of likely N-dealkylation sites (tertiary alicyclic amines) is 1. The Bertz CT molecular complexity index is 1340. The van der Waals surface area contributed by atoms with Crippen molar-refractivity contribution in [3.05, 3.63) is 59.3 Å². The van der Waals surface area contributed by atoms with Crippen LogP contribution in [0.3, 0.4) is 0 Å². The van der Waals surface area contributed by atoms with Crippen molar-refractivity contribution in [2.24, 2.45) is 11.8 Å². The molecule has 0 bridgehead atoms. The Kier molecular flexibility index (Phi) is 7.82. The predicted octanol–water partition coefficient (Wildman–Crippen LogP) is 5.22. The van der Waals surface area contributed by atoms with Gasteiger partial charge in [0.2, 0.25) is 0 Å². The number of halogens is 1. The molecule has 1 aliphatic carbocycles. The van der Waals surface area contributed by atoms with E-state index < -0.39 is 5.82 Å². The summed E-state index contributed by atoms with van der Waals surface area (Å²) in [7, 11) is 5.21. The van der Waals surface area contributed by atoms with E-state index in [9.17, 15) is 9.18 Å². The van der Waals surface area contributed by atoms with E-state index in [1.165, 1.54) is 23.1 Å². The molecule has 210 valence electrons. The highest BCUT2D eigenvalue weighted by atomic mass is 19.1. The van der Waals surface area contributed by atoms with Crippen LogP contribution in [0.15, 0.2) is 36.8 Å². The summed E-state index contributed by atoms with van der Waals surface area (Å²) in [5.74, 6) is 0.153. The third kappa shape index (κ3) is 5.34. The number of nitrogens with zero attached hydrogens (tertiary/aromatic N) is 4. The van der Waals surface area contributed by atoms with Crippen LogP contribution in [0.25, 0.3) is 16.6 Å². The fourth-order valence-electron chi connectivity index (χ4n) is 6.40. The normalized spacial score (nSPS) is 19.6. The van der Waals surface area contributed by atoms with Crippen molar-refractivity contribution in [3.63, 3.8) is 0 Å². The number of carbonyl (C=O) groups is 1. The van der Waals surface area contributed by atoms with Crippen LogP contribution in [-0.4, -0.2) is 78.0 Å². The number of amides is 1. The minimum atomic E-state index is -0.420. The van der Waals surface area contributed by atoms with Crippen molar-refractivity contribution in [1.82, 2.24) is 19.4 Å². The number of benzene rings is 1. The van der Waals surface area contributed by atoms with Crippen LogP contribution in [0.5, 0.6) is 0 Å². The molecule has 8 heteroatoms. The number of aryl methyl sites for hydroxylation is 1. The smallest absolute Gasteiger partial charge is 0.256 e. The van der Waals surface area contributed by atoms with Crippen molar-refractivity contribution in [3.8, 4) is 5.69 Å². The summed E-state index contributed by atoms with van der Waals surface area (Å²) in [5.41, 5.74) is 4.33. The molecule has 5 rings (SSSR count). The molecule has 1 amide bonds. The average Bonchev–Trinajstić information content (AvgIpc) is 3.50. The molecule has 2 fully saturated rings. The van der Waals surface area contributed by atoms with E-state index in [0.29, 0.717) is 23.1 Å². The lowest BCUT2D eigenvalue weighted by Crippen LogP contribution is -2.50. The van der Waals surface area contributed by atoms with Crippen LogP contribution in [-0.2, 0) is 15.9 Å². The maximum atomic E-state index is 14.4. The molecule has 0 radical (unpaired) electrons. The molecule has 1 aliphatic heterocycles. The average molecular weight is 537 g/mol. The van der Waals surface area contributed by atoms with E-state index in [1.807, 2.05) is 30.8 Å². The Morgan fingerprint density at radius 2 is 1.95 bits per heavy atom. The van der Waals surface area contributed by atoms with E-state index in [0.717, 1.165) is 56.4 Å². The van der Waals surface area contributed by atoms with Crippen molar-refractivity contribution >= 4 is 16.8 Å². The molecule has 3 heterocycles. The molecule has 1 aromatic carbocycles. The minimum absolute atomic E-state index is 0.000149. The minimum Gasteiger partial charge on any atom is -0.353 e. The first-order valence-corrected chi connectivity index (χ1v) is 14.0. The maximum absolute atomic E-state index is 14.4. The van der Waals surface area contributed by atoms with Gasteiger partial charge in [-0.3, -0.25) is 9.78 Å². The largest absolute Gasteiger partial charge is 0.353 e. The van der Waals surface area contributed by atoms with E-state index in [4.69, 9.17) is 9.47 Å². The number of carbonyl (C=O) groups excluding carboxylic acids is 1. The molecule has 3 aromatic rings. The molecule has 1 atom stereocenters. The van der Waals surface area contributed by atoms with Gasteiger partial charge in [-0.25, -0.2) is 4.39 Å². The third-order valence-electron chi connectivity index (χ3n) is 8.86. The summed E-state index contributed by atoms with van der Waals surface area (Å²) in [6, 6.07) is 4.48. The molecule has 0 spiro atoms. The summed E-state index contributed by atoms with van der Waals surface area (Å²) in [5, 5.41) is 1.17. The van der Waals surface area contributed by atoms with Gasteiger partial charge in [0.15, 0.2) is 5.79 Å². The first kappa shape index (κ1) is 27.7. The molecule has 0 unspecified atom stereocenters. The van der Waals surface area contributed by atoms with Crippen LogP contribution in [0.1, 0.15) is 54.6 Å². The first-order chi connectivity index (χ1) is 18.6. The maximum Gasteiger partial charge on any atom is 0.256 e. The van der Waals surface area contributed by atoms with Gasteiger partial charge in [0, 0.05) is 71.0 Å². The summed E-state index contributed by atoms with van der Waals surface area (Å²) in [6.45, 7) is 9.25. The highest BCUT2D eigenvalue weighted by Crippen LogP contribution is 2.42. The molecule has 0 N–H and O–H groups in total. The molecule has 1 saturated carbocycles. The van der Waals surface area contributed by atoms with E-state index in [-0.39, 0.29) is 17.7 Å². The van der Waals surface area contributed by atoms with Gasteiger partial charge in [-0.15, -0.1) is 0 Å². The van der Waals surface area contributed by atoms with E-state index >= 15 is 0 Å². The van der Waals surface area contributed by atoms with E-state index in [1.54, 1.807) is 32.2 Å². The van der Waals surface area contributed by atoms with Crippen molar-refractivity contribution in [2.45, 2.75) is 58.3 Å². The number of pyridine rings is 1. The summed E-state index contributed by atoms with van der Waals surface area (Å²) < 4.78 is 27.5. The second-order valence-corrected chi connectivity index (χ2v) is 11.8. The Balaban J connectivity index is 1.40. The summed E-state index contributed by atoms with van der Waals surface area (Å²) in [6.07, 6.45) is 9.89. The zero-order valence-corrected chi connectivity index (χ0v) is 24.0. The molecule has 39 heavy (non-hydrogen) atoms. The van der Waals surface area contributed by atoms with Crippen LogP contribution in [0.2, 0.25) is 0 Å². The lowest BCUT2D eigenvalue weighted by molar-refractivity contribution is -0.271. The first-order valence-electron chi connectivity index (χ1n) is 14.0. The molecular formula is C31H41FN4O3.